The molecule has 6 nitrogen and oxygen atoms in total. The number of hydrogen-bond acceptors (Lipinski definition) is 6. The number of nitrogens with zero attached hydrogens (tertiary/aromatic N) is 2. The highest BCUT2D eigenvalue weighted by molar-refractivity contribution is 5.76. The topological polar surface area (TPSA) is 51.2 Å². The van der Waals surface area contributed by atoms with Gasteiger partial charge in [0.2, 0.25) is 6.79 Å². The molecule has 0 amide bonds. The molecule has 3 heterocycles. The molecule has 2 fully saturated rings. The smallest absolute Gasteiger partial charge is 0.311 e. The SMILES string of the molecule is CC1=CCC[C@]2(C)C[C@H]3OC(=O)[C@@H](CN4CCN(Cc5ccc6c(c5)OCO6)CC4)[C@H]3C=C12. The van der Waals surface area contributed by atoms with Gasteiger partial charge in [-0.05, 0) is 54.9 Å². The Balaban J connectivity index is 1.08. The highest BCUT2D eigenvalue weighted by Crippen LogP contribution is 2.52. The van der Waals surface area contributed by atoms with E-state index in [2.05, 4.69) is 47.9 Å². The first-order valence-electron chi connectivity index (χ1n) is 12.4. The molecule has 0 radical (unpaired) electrons. The largest absolute Gasteiger partial charge is 0.461 e. The molecule has 0 unspecified atom stereocenters. The van der Waals surface area contributed by atoms with Gasteiger partial charge in [0, 0.05) is 45.2 Å². The number of benzene rings is 1. The monoisotopic (exact) mass is 450 g/mol. The minimum Gasteiger partial charge on any atom is -0.461 e. The zero-order valence-electron chi connectivity index (χ0n) is 19.7. The number of rotatable bonds is 4. The molecule has 0 N–H and O–H groups in total. The van der Waals surface area contributed by atoms with Crippen molar-refractivity contribution in [1.29, 1.82) is 0 Å². The van der Waals surface area contributed by atoms with E-state index in [0.717, 1.165) is 70.0 Å². The normalized spacial score (nSPS) is 33.8. The van der Waals surface area contributed by atoms with E-state index in [0.29, 0.717) is 6.79 Å². The highest BCUT2D eigenvalue weighted by Gasteiger charge is 2.51. The third kappa shape index (κ3) is 3.87. The molecule has 2 aliphatic carbocycles. The van der Waals surface area contributed by atoms with Crippen LogP contribution in [0.1, 0.15) is 38.7 Å². The van der Waals surface area contributed by atoms with E-state index >= 15 is 0 Å². The summed E-state index contributed by atoms with van der Waals surface area (Å²) in [6.07, 6.45) is 8.08. The summed E-state index contributed by atoms with van der Waals surface area (Å²) in [4.78, 5) is 17.8. The Hall–Kier alpha value is -2.31. The molecule has 6 rings (SSSR count). The van der Waals surface area contributed by atoms with Crippen LogP contribution in [0.15, 0.2) is 41.5 Å². The molecular formula is C27H34N2O4. The van der Waals surface area contributed by atoms with Crippen LogP contribution in [0.4, 0.5) is 0 Å². The van der Waals surface area contributed by atoms with Gasteiger partial charge in [0.25, 0.3) is 0 Å². The van der Waals surface area contributed by atoms with E-state index in [4.69, 9.17) is 14.2 Å². The Morgan fingerprint density at radius 2 is 1.88 bits per heavy atom. The Kier molecular flexibility index (Phi) is 5.26. The second-order valence-electron chi connectivity index (χ2n) is 10.7. The van der Waals surface area contributed by atoms with Crippen LogP contribution in [0.2, 0.25) is 0 Å². The molecule has 2 saturated heterocycles. The fourth-order valence-corrected chi connectivity index (χ4v) is 6.54. The van der Waals surface area contributed by atoms with E-state index in [1.165, 1.54) is 16.7 Å². The van der Waals surface area contributed by atoms with Crippen molar-refractivity contribution in [2.45, 2.75) is 45.8 Å². The Morgan fingerprint density at radius 1 is 1.09 bits per heavy atom. The van der Waals surface area contributed by atoms with Crippen LogP contribution in [-0.2, 0) is 16.1 Å². The quantitative estimate of drug-likeness (QED) is 0.651. The minimum absolute atomic E-state index is 0.00789. The molecule has 33 heavy (non-hydrogen) atoms. The van der Waals surface area contributed by atoms with Crippen LogP contribution >= 0.6 is 0 Å². The predicted octanol–water partition coefficient (Wildman–Crippen LogP) is 3.77. The van der Waals surface area contributed by atoms with Gasteiger partial charge in [-0.3, -0.25) is 14.6 Å². The summed E-state index contributed by atoms with van der Waals surface area (Å²) in [5.74, 6) is 1.87. The molecule has 0 saturated carbocycles. The number of esters is 1. The molecule has 6 heteroatoms. The van der Waals surface area contributed by atoms with Crippen molar-refractivity contribution in [3.8, 4) is 11.5 Å². The Bertz CT molecular complexity index is 1010. The third-order valence-electron chi connectivity index (χ3n) is 8.46. The first kappa shape index (κ1) is 21.2. The third-order valence-corrected chi connectivity index (χ3v) is 8.46. The number of carbonyl (C=O) groups excluding carboxylic acids is 1. The van der Waals surface area contributed by atoms with Crippen molar-refractivity contribution in [1.82, 2.24) is 9.80 Å². The fourth-order valence-electron chi connectivity index (χ4n) is 6.54. The zero-order chi connectivity index (χ0) is 22.6. The Morgan fingerprint density at radius 3 is 2.73 bits per heavy atom. The molecule has 1 aromatic rings. The van der Waals surface area contributed by atoms with Gasteiger partial charge >= 0.3 is 5.97 Å². The van der Waals surface area contributed by atoms with Crippen LogP contribution < -0.4 is 9.47 Å². The van der Waals surface area contributed by atoms with Crippen molar-refractivity contribution in [2.75, 3.05) is 39.5 Å². The standard InChI is InChI=1S/C27H34N2O4/c1-18-4-3-7-27(2)14-25-20(13-22(18)27)21(26(30)33-25)16-29-10-8-28(9-11-29)15-19-5-6-23-24(12-19)32-17-31-23/h4-6,12-13,20-21,25H,3,7-11,14-17H2,1-2H3/t20-,21+,25-,27-/m1/s1. The molecule has 4 atom stereocenters. The van der Waals surface area contributed by atoms with E-state index < -0.39 is 0 Å². The molecule has 0 aromatic heterocycles. The molecule has 0 spiro atoms. The molecular weight excluding hydrogens is 416 g/mol. The summed E-state index contributed by atoms with van der Waals surface area (Å²) in [6, 6.07) is 6.22. The second-order valence-corrected chi connectivity index (χ2v) is 10.7. The van der Waals surface area contributed by atoms with Crippen molar-refractivity contribution >= 4 is 5.97 Å². The van der Waals surface area contributed by atoms with E-state index in [1.807, 2.05) is 6.07 Å². The van der Waals surface area contributed by atoms with Crippen molar-refractivity contribution in [2.24, 2.45) is 17.3 Å². The van der Waals surface area contributed by atoms with Gasteiger partial charge < -0.3 is 14.2 Å². The summed E-state index contributed by atoms with van der Waals surface area (Å²) in [5, 5.41) is 0. The lowest BCUT2D eigenvalue weighted by Crippen LogP contribution is -2.48. The number of fused-ring (bicyclic) bond motifs is 3. The van der Waals surface area contributed by atoms with Crippen LogP contribution in [0.5, 0.6) is 11.5 Å². The summed E-state index contributed by atoms with van der Waals surface area (Å²) < 4.78 is 16.9. The minimum atomic E-state index is -0.0396. The van der Waals surface area contributed by atoms with Gasteiger partial charge in [0.05, 0.1) is 5.92 Å². The molecule has 5 aliphatic rings. The van der Waals surface area contributed by atoms with Crippen molar-refractivity contribution < 1.29 is 19.0 Å². The second kappa shape index (κ2) is 8.17. The van der Waals surface area contributed by atoms with Gasteiger partial charge in [-0.1, -0.05) is 30.7 Å². The average Bonchev–Trinajstić information content (AvgIpc) is 3.37. The highest BCUT2D eigenvalue weighted by atomic mass is 16.7. The van der Waals surface area contributed by atoms with Crippen LogP contribution in [0.3, 0.4) is 0 Å². The van der Waals surface area contributed by atoms with E-state index in [-0.39, 0.29) is 29.3 Å². The number of allylic oxidation sites excluding steroid dienone is 3. The summed E-state index contributed by atoms with van der Waals surface area (Å²) >= 11 is 0. The molecule has 176 valence electrons. The van der Waals surface area contributed by atoms with Crippen LogP contribution in [0, 0.1) is 17.3 Å². The van der Waals surface area contributed by atoms with Crippen molar-refractivity contribution in [3.05, 3.63) is 47.1 Å². The first-order valence-corrected chi connectivity index (χ1v) is 12.4. The number of hydrogen-bond donors (Lipinski definition) is 0. The van der Waals surface area contributed by atoms with Gasteiger partial charge in [0.1, 0.15) is 6.10 Å². The van der Waals surface area contributed by atoms with Crippen LogP contribution in [0.25, 0.3) is 0 Å². The molecule has 1 aromatic carbocycles. The summed E-state index contributed by atoms with van der Waals surface area (Å²) in [5.41, 5.74) is 4.28. The van der Waals surface area contributed by atoms with Gasteiger partial charge in [-0.15, -0.1) is 0 Å². The molecule has 3 aliphatic heterocycles. The number of ether oxygens (including phenoxy) is 3. The average molecular weight is 451 g/mol. The van der Waals surface area contributed by atoms with E-state index in [1.54, 1.807) is 0 Å². The van der Waals surface area contributed by atoms with Gasteiger partial charge in [-0.2, -0.15) is 0 Å². The lowest BCUT2D eigenvalue weighted by molar-refractivity contribution is -0.145. The Labute approximate surface area is 196 Å². The summed E-state index contributed by atoms with van der Waals surface area (Å²) in [6.45, 7) is 10.6. The molecule has 0 bridgehead atoms. The lowest BCUT2D eigenvalue weighted by atomic mass is 9.62. The lowest BCUT2D eigenvalue weighted by Gasteiger charge is -2.43. The summed E-state index contributed by atoms with van der Waals surface area (Å²) in [7, 11) is 0. The van der Waals surface area contributed by atoms with Crippen LogP contribution in [-0.4, -0.2) is 61.4 Å². The van der Waals surface area contributed by atoms with E-state index in [9.17, 15) is 4.79 Å². The number of piperazine rings is 1. The number of carbonyl (C=O) groups is 1. The maximum Gasteiger partial charge on any atom is 0.311 e. The first-order chi connectivity index (χ1) is 16.0. The van der Waals surface area contributed by atoms with Gasteiger partial charge in [-0.25, -0.2) is 0 Å². The fraction of sp³-hybridized carbons (Fsp3) is 0.593. The van der Waals surface area contributed by atoms with Gasteiger partial charge in [0.15, 0.2) is 11.5 Å². The van der Waals surface area contributed by atoms with Crippen molar-refractivity contribution in [3.63, 3.8) is 0 Å². The zero-order valence-corrected chi connectivity index (χ0v) is 19.7. The maximum atomic E-state index is 12.9. The predicted molar refractivity (Wildman–Crippen MR) is 125 cm³/mol. The maximum absolute atomic E-state index is 12.9.